The Morgan fingerprint density at radius 3 is 2.40 bits per heavy atom. The number of benzene rings is 1. The van der Waals surface area contributed by atoms with Crippen molar-refractivity contribution in [2.75, 3.05) is 25.0 Å². The van der Waals surface area contributed by atoms with Crippen molar-refractivity contribution in [3.63, 3.8) is 0 Å². The lowest BCUT2D eigenvalue weighted by Crippen LogP contribution is -3.14. The smallest absolute Gasteiger partial charge is 0.230 e. The molecule has 1 aliphatic rings. The lowest BCUT2D eigenvalue weighted by molar-refractivity contribution is -0.911. The number of likely N-dealkylation sites (tertiary alicyclic amines) is 1. The predicted molar refractivity (Wildman–Crippen MR) is 82.9 cm³/mol. The van der Waals surface area contributed by atoms with Crippen molar-refractivity contribution in [1.82, 2.24) is 0 Å². The summed E-state index contributed by atoms with van der Waals surface area (Å²) in [6.07, 6.45) is 1.95. The zero-order valence-electron chi connectivity index (χ0n) is 12.9. The van der Waals surface area contributed by atoms with Gasteiger partial charge >= 0.3 is 0 Å². The number of carbonyl (C=O) groups is 1. The quantitative estimate of drug-likeness (QED) is 0.864. The van der Waals surface area contributed by atoms with Crippen molar-refractivity contribution in [1.29, 1.82) is 0 Å². The first kappa shape index (κ1) is 15.0. The summed E-state index contributed by atoms with van der Waals surface area (Å²) in [5.41, 5.74) is 2.11. The van der Waals surface area contributed by atoms with E-state index in [-0.39, 0.29) is 5.91 Å². The third kappa shape index (κ3) is 4.64. The fourth-order valence-electron chi connectivity index (χ4n) is 3.28. The number of quaternary nitrogens is 1. The number of hydrogen-bond donors (Lipinski definition) is 2. The Morgan fingerprint density at radius 2 is 1.80 bits per heavy atom. The van der Waals surface area contributed by atoms with E-state index < -0.39 is 0 Å². The summed E-state index contributed by atoms with van der Waals surface area (Å²) in [7, 11) is 0. The van der Waals surface area contributed by atoms with Gasteiger partial charge in [-0.1, -0.05) is 31.5 Å². The first-order chi connectivity index (χ1) is 9.52. The molecule has 1 aromatic carbocycles. The summed E-state index contributed by atoms with van der Waals surface area (Å²) in [5, 5.41) is 2.98. The molecule has 0 spiro atoms. The van der Waals surface area contributed by atoms with Crippen LogP contribution in [0.25, 0.3) is 0 Å². The van der Waals surface area contributed by atoms with E-state index in [1.165, 1.54) is 25.1 Å². The van der Waals surface area contributed by atoms with Gasteiger partial charge in [-0.05, 0) is 25.5 Å². The highest BCUT2D eigenvalue weighted by Gasteiger charge is 2.25. The summed E-state index contributed by atoms with van der Waals surface area (Å²) < 4.78 is 0. The van der Waals surface area contributed by atoms with Gasteiger partial charge < -0.3 is 10.2 Å². The summed E-state index contributed by atoms with van der Waals surface area (Å²) in [4.78, 5) is 13.6. The van der Waals surface area contributed by atoms with Crippen LogP contribution in [0.4, 0.5) is 5.69 Å². The van der Waals surface area contributed by atoms with Gasteiger partial charge in [0.25, 0.3) is 0 Å². The van der Waals surface area contributed by atoms with Crippen LogP contribution in [0.1, 0.15) is 32.3 Å². The molecule has 1 aliphatic heterocycles. The Bertz CT molecular complexity index is 431. The van der Waals surface area contributed by atoms with Crippen molar-refractivity contribution < 1.29 is 9.69 Å². The largest absolute Gasteiger partial charge is 0.334 e. The fourth-order valence-corrected chi connectivity index (χ4v) is 3.28. The Labute approximate surface area is 122 Å². The number of rotatable bonds is 4. The van der Waals surface area contributed by atoms with Gasteiger partial charge in [0, 0.05) is 17.5 Å². The van der Waals surface area contributed by atoms with Crippen LogP contribution in [0.3, 0.4) is 0 Å². The first-order valence-corrected chi connectivity index (χ1v) is 7.73. The highest BCUT2D eigenvalue weighted by Crippen LogP contribution is 2.12. The van der Waals surface area contributed by atoms with Crippen LogP contribution >= 0.6 is 0 Å². The van der Waals surface area contributed by atoms with Crippen LogP contribution in [0.2, 0.25) is 0 Å². The molecule has 0 bridgehead atoms. The minimum Gasteiger partial charge on any atom is -0.334 e. The third-order valence-corrected chi connectivity index (χ3v) is 4.12. The van der Waals surface area contributed by atoms with Gasteiger partial charge in [-0.15, -0.1) is 0 Å². The highest BCUT2D eigenvalue weighted by molar-refractivity contribution is 5.90. The predicted octanol–water partition coefficient (Wildman–Crippen LogP) is 1.88. The van der Waals surface area contributed by atoms with Crippen LogP contribution in [0.5, 0.6) is 0 Å². The van der Waals surface area contributed by atoms with Crippen molar-refractivity contribution in [3.05, 3.63) is 29.8 Å². The van der Waals surface area contributed by atoms with E-state index in [1.54, 1.807) is 4.90 Å². The molecule has 2 atom stereocenters. The Kier molecular flexibility index (Phi) is 5.18. The number of anilines is 1. The molecular weight excluding hydrogens is 248 g/mol. The molecule has 1 saturated heterocycles. The van der Waals surface area contributed by atoms with E-state index in [0.717, 1.165) is 24.1 Å². The SMILES string of the molecule is Cc1ccc(NC(=O)CC[NH+]2CC(C)CC(C)C2)cc1. The van der Waals surface area contributed by atoms with E-state index >= 15 is 0 Å². The second-order valence-corrected chi connectivity index (χ2v) is 6.52. The monoisotopic (exact) mass is 275 g/mol. The number of carbonyl (C=O) groups excluding carboxylic acids is 1. The molecule has 1 heterocycles. The van der Waals surface area contributed by atoms with Gasteiger partial charge in [0.2, 0.25) is 5.91 Å². The molecule has 3 heteroatoms. The molecule has 2 unspecified atom stereocenters. The number of piperidine rings is 1. The molecule has 0 saturated carbocycles. The van der Waals surface area contributed by atoms with Gasteiger partial charge in [-0.3, -0.25) is 4.79 Å². The van der Waals surface area contributed by atoms with Crippen LogP contribution in [0.15, 0.2) is 24.3 Å². The Morgan fingerprint density at radius 1 is 1.20 bits per heavy atom. The molecule has 3 nitrogen and oxygen atoms in total. The van der Waals surface area contributed by atoms with Crippen molar-refractivity contribution in [2.24, 2.45) is 11.8 Å². The molecule has 0 radical (unpaired) electrons. The maximum Gasteiger partial charge on any atom is 0.230 e. The zero-order chi connectivity index (χ0) is 14.5. The van der Waals surface area contributed by atoms with Crippen LogP contribution in [-0.2, 0) is 4.79 Å². The maximum absolute atomic E-state index is 12.0. The van der Waals surface area contributed by atoms with Crippen molar-refractivity contribution >= 4 is 11.6 Å². The molecule has 1 aromatic rings. The molecule has 1 fully saturated rings. The van der Waals surface area contributed by atoms with Gasteiger partial charge in [0.1, 0.15) is 0 Å². The molecular formula is C17H27N2O+. The number of aryl methyl sites for hydroxylation is 1. The van der Waals surface area contributed by atoms with Crippen LogP contribution in [0, 0.1) is 18.8 Å². The first-order valence-electron chi connectivity index (χ1n) is 7.73. The van der Waals surface area contributed by atoms with Crippen molar-refractivity contribution in [3.8, 4) is 0 Å². The summed E-state index contributed by atoms with van der Waals surface area (Å²) in [6, 6.07) is 7.97. The summed E-state index contributed by atoms with van der Waals surface area (Å²) in [5.74, 6) is 1.70. The average Bonchev–Trinajstić information content (AvgIpc) is 2.38. The summed E-state index contributed by atoms with van der Waals surface area (Å²) >= 11 is 0. The van der Waals surface area contributed by atoms with Gasteiger partial charge in [-0.2, -0.15) is 0 Å². The minimum atomic E-state index is 0.132. The second kappa shape index (κ2) is 6.89. The minimum absolute atomic E-state index is 0.132. The normalized spacial score (nSPS) is 26.2. The number of hydrogen-bond acceptors (Lipinski definition) is 1. The van der Waals surface area contributed by atoms with Crippen molar-refractivity contribution in [2.45, 2.75) is 33.6 Å². The van der Waals surface area contributed by atoms with Gasteiger partial charge in [0.15, 0.2) is 0 Å². The Hall–Kier alpha value is -1.35. The topological polar surface area (TPSA) is 33.5 Å². The average molecular weight is 275 g/mol. The van der Waals surface area contributed by atoms with Gasteiger partial charge in [-0.25, -0.2) is 0 Å². The van der Waals surface area contributed by atoms with Crippen LogP contribution in [-0.4, -0.2) is 25.5 Å². The standard InChI is InChI=1S/C17H26N2O/c1-13-4-6-16(7-5-13)18-17(20)8-9-19-11-14(2)10-15(3)12-19/h4-7,14-15H,8-12H2,1-3H3,(H,18,20)/p+1. The molecule has 1 amide bonds. The number of nitrogens with one attached hydrogen (secondary N) is 2. The molecule has 20 heavy (non-hydrogen) atoms. The van der Waals surface area contributed by atoms with E-state index in [0.29, 0.717) is 6.42 Å². The molecule has 0 aromatic heterocycles. The second-order valence-electron chi connectivity index (χ2n) is 6.52. The maximum atomic E-state index is 12.0. The lowest BCUT2D eigenvalue weighted by atomic mass is 9.92. The third-order valence-electron chi connectivity index (χ3n) is 4.12. The van der Waals surface area contributed by atoms with Gasteiger partial charge in [0.05, 0.1) is 26.1 Å². The van der Waals surface area contributed by atoms with E-state index in [9.17, 15) is 4.79 Å². The fraction of sp³-hybridized carbons (Fsp3) is 0.588. The van der Waals surface area contributed by atoms with E-state index in [1.807, 2.05) is 31.2 Å². The lowest BCUT2D eigenvalue weighted by Gasteiger charge is -2.31. The number of amides is 1. The zero-order valence-corrected chi connectivity index (χ0v) is 12.9. The molecule has 110 valence electrons. The van der Waals surface area contributed by atoms with Crippen LogP contribution < -0.4 is 10.2 Å². The Balaban J connectivity index is 1.76. The van der Waals surface area contributed by atoms with E-state index in [4.69, 9.17) is 0 Å². The highest BCUT2D eigenvalue weighted by atomic mass is 16.1. The molecule has 2 N–H and O–H groups in total. The molecule has 2 rings (SSSR count). The summed E-state index contributed by atoms with van der Waals surface area (Å²) in [6.45, 7) is 10.1. The van der Waals surface area contributed by atoms with E-state index in [2.05, 4.69) is 19.2 Å². The molecule has 0 aliphatic carbocycles.